The van der Waals surface area contributed by atoms with Gasteiger partial charge in [-0.15, -0.1) is 0 Å². The molecule has 3 rings (SSSR count). The number of carbonyl (C=O) groups excluding carboxylic acids is 1. The van der Waals surface area contributed by atoms with E-state index in [2.05, 4.69) is 10.2 Å². The van der Waals surface area contributed by atoms with E-state index in [9.17, 15) is 4.79 Å². The van der Waals surface area contributed by atoms with E-state index in [4.69, 9.17) is 9.47 Å². The Hall–Kier alpha value is -2.53. The van der Waals surface area contributed by atoms with Crippen molar-refractivity contribution >= 4 is 17.3 Å². The highest BCUT2D eigenvalue weighted by molar-refractivity contribution is 5.92. The number of aryl methyl sites for hydroxylation is 1. The van der Waals surface area contributed by atoms with Gasteiger partial charge in [0.05, 0.1) is 13.2 Å². The summed E-state index contributed by atoms with van der Waals surface area (Å²) >= 11 is 0. The molecule has 0 spiro atoms. The second-order valence-electron chi connectivity index (χ2n) is 5.80. The van der Waals surface area contributed by atoms with Gasteiger partial charge in [-0.1, -0.05) is 12.1 Å². The quantitative estimate of drug-likeness (QED) is 0.918. The topological polar surface area (TPSA) is 50.8 Å². The molecule has 0 bridgehead atoms. The van der Waals surface area contributed by atoms with Crippen molar-refractivity contribution in [3.8, 4) is 5.75 Å². The van der Waals surface area contributed by atoms with Crippen molar-refractivity contribution in [1.82, 2.24) is 0 Å². The number of ether oxygens (including phenoxy) is 2. The Labute approximate surface area is 142 Å². The molecule has 1 heterocycles. The molecule has 1 aliphatic heterocycles. The molecule has 126 valence electrons. The fourth-order valence-electron chi connectivity index (χ4n) is 2.63. The van der Waals surface area contributed by atoms with Crippen LogP contribution in [0.15, 0.2) is 48.5 Å². The van der Waals surface area contributed by atoms with Crippen molar-refractivity contribution in [2.45, 2.75) is 6.92 Å². The van der Waals surface area contributed by atoms with Crippen molar-refractivity contribution < 1.29 is 14.3 Å². The van der Waals surface area contributed by atoms with Crippen LogP contribution in [0.2, 0.25) is 0 Å². The SMILES string of the molecule is Cc1cccc(OCC(=O)Nc2ccc(N3CCOCC3)cc2)c1. The van der Waals surface area contributed by atoms with Crippen molar-refractivity contribution in [3.63, 3.8) is 0 Å². The normalized spacial score (nSPS) is 14.3. The number of benzene rings is 2. The maximum Gasteiger partial charge on any atom is 0.262 e. The molecule has 0 radical (unpaired) electrons. The van der Waals surface area contributed by atoms with Crippen LogP contribution in [0.3, 0.4) is 0 Å². The van der Waals surface area contributed by atoms with Gasteiger partial charge in [-0.05, 0) is 48.9 Å². The van der Waals surface area contributed by atoms with Gasteiger partial charge in [0.1, 0.15) is 5.75 Å². The number of morpholine rings is 1. The molecule has 24 heavy (non-hydrogen) atoms. The highest BCUT2D eigenvalue weighted by Gasteiger charge is 2.11. The van der Waals surface area contributed by atoms with Gasteiger partial charge in [0.15, 0.2) is 6.61 Å². The molecule has 0 aromatic heterocycles. The average Bonchev–Trinajstić information content (AvgIpc) is 2.61. The maximum absolute atomic E-state index is 12.0. The third kappa shape index (κ3) is 4.49. The van der Waals surface area contributed by atoms with Gasteiger partial charge >= 0.3 is 0 Å². The minimum atomic E-state index is -0.171. The number of hydrogen-bond acceptors (Lipinski definition) is 4. The molecule has 1 N–H and O–H groups in total. The molecule has 1 amide bonds. The first kappa shape index (κ1) is 16.3. The third-order valence-corrected chi connectivity index (χ3v) is 3.89. The lowest BCUT2D eigenvalue weighted by atomic mass is 10.2. The molecule has 0 atom stereocenters. The summed E-state index contributed by atoms with van der Waals surface area (Å²) in [6.07, 6.45) is 0. The van der Waals surface area contributed by atoms with Crippen LogP contribution in [0.5, 0.6) is 5.75 Å². The third-order valence-electron chi connectivity index (χ3n) is 3.89. The van der Waals surface area contributed by atoms with E-state index in [1.807, 2.05) is 55.5 Å². The van der Waals surface area contributed by atoms with Gasteiger partial charge in [0.25, 0.3) is 5.91 Å². The lowest BCUT2D eigenvalue weighted by Gasteiger charge is -2.28. The highest BCUT2D eigenvalue weighted by Crippen LogP contribution is 2.19. The molecule has 0 saturated carbocycles. The van der Waals surface area contributed by atoms with Crippen molar-refractivity contribution in [3.05, 3.63) is 54.1 Å². The van der Waals surface area contributed by atoms with E-state index in [0.29, 0.717) is 5.75 Å². The zero-order valence-corrected chi connectivity index (χ0v) is 13.8. The summed E-state index contributed by atoms with van der Waals surface area (Å²) in [6, 6.07) is 15.5. The number of amides is 1. The van der Waals surface area contributed by atoms with Crippen LogP contribution in [-0.4, -0.2) is 38.8 Å². The summed E-state index contributed by atoms with van der Waals surface area (Å²) in [5.41, 5.74) is 3.02. The van der Waals surface area contributed by atoms with Crippen LogP contribution in [0, 0.1) is 6.92 Å². The first-order valence-electron chi connectivity index (χ1n) is 8.13. The predicted molar refractivity (Wildman–Crippen MR) is 94.8 cm³/mol. The molecule has 0 aliphatic carbocycles. The van der Waals surface area contributed by atoms with Crippen molar-refractivity contribution in [1.29, 1.82) is 0 Å². The molecular formula is C19H22N2O3. The molecule has 0 unspecified atom stereocenters. The van der Waals surface area contributed by atoms with Gasteiger partial charge < -0.3 is 19.7 Å². The van der Waals surface area contributed by atoms with E-state index in [1.54, 1.807) is 0 Å². The molecule has 1 fully saturated rings. The maximum atomic E-state index is 12.0. The van der Waals surface area contributed by atoms with E-state index in [-0.39, 0.29) is 12.5 Å². The zero-order chi connectivity index (χ0) is 16.8. The number of rotatable bonds is 5. The number of nitrogens with one attached hydrogen (secondary N) is 1. The molecule has 2 aromatic carbocycles. The van der Waals surface area contributed by atoms with Gasteiger partial charge in [0.2, 0.25) is 0 Å². The fraction of sp³-hybridized carbons (Fsp3) is 0.316. The zero-order valence-electron chi connectivity index (χ0n) is 13.8. The highest BCUT2D eigenvalue weighted by atomic mass is 16.5. The number of nitrogens with zero attached hydrogens (tertiary/aromatic N) is 1. The van der Waals surface area contributed by atoms with Crippen molar-refractivity contribution in [2.24, 2.45) is 0 Å². The van der Waals surface area contributed by atoms with Gasteiger partial charge in [-0.2, -0.15) is 0 Å². The Morgan fingerprint density at radius 2 is 1.92 bits per heavy atom. The van der Waals surface area contributed by atoms with Crippen LogP contribution >= 0.6 is 0 Å². The monoisotopic (exact) mass is 326 g/mol. The van der Waals surface area contributed by atoms with Crippen LogP contribution in [0.4, 0.5) is 11.4 Å². The molecule has 5 heteroatoms. The molecule has 5 nitrogen and oxygen atoms in total. The van der Waals surface area contributed by atoms with Crippen LogP contribution in [0.1, 0.15) is 5.56 Å². The largest absolute Gasteiger partial charge is 0.484 e. The summed E-state index contributed by atoms with van der Waals surface area (Å²) in [6.45, 7) is 5.30. The molecule has 2 aromatic rings. The van der Waals surface area contributed by atoms with Gasteiger partial charge in [-0.3, -0.25) is 4.79 Å². The summed E-state index contributed by atoms with van der Waals surface area (Å²) in [4.78, 5) is 14.3. The second-order valence-corrected chi connectivity index (χ2v) is 5.80. The average molecular weight is 326 g/mol. The molecule has 1 aliphatic rings. The van der Waals surface area contributed by atoms with Gasteiger partial charge in [0, 0.05) is 24.5 Å². The van der Waals surface area contributed by atoms with Crippen molar-refractivity contribution in [2.75, 3.05) is 43.1 Å². The lowest BCUT2D eigenvalue weighted by Crippen LogP contribution is -2.36. The minimum Gasteiger partial charge on any atom is -0.484 e. The lowest BCUT2D eigenvalue weighted by molar-refractivity contribution is -0.118. The number of anilines is 2. The Balaban J connectivity index is 1.50. The van der Waals surface area contributed by atoms with E-state index < -0.39 is 0 Å². The summed E-state index contributed by atoms with van der Waals surface area (Å²) < 4.78 is 10.9. The first-order valence-corrected chi connectivity index (χ1v) is 8.13. The first-order chi connectivity index (χ1) is 11.7. The Kier molecular flexibility index (Phi) is 5.33. The smallest absolute Gasteiger partial charge is 0.262 e. The summed E-state index contributed by atoms with van der Waals surface area (Å²) in [5.74, 6) is 0.531. The summed E-state index contributed by atoms with van der Waals surface area (Å²) in [5, 5.41) is 2.85. The van der Waals surface area contributed by atoms with Gasteiger partial charge in [-0.25, -0.2) is 0 Å². The minimum absolute atomic E-state index is 0.00529. The van der Waals surface area contributed by atoms with E-state index >= 15 is 0 Å². The second kappa shape index (κ2) is 7.84. The Morgan fingerprint density at radius 1 is 1.17 bits per heavy atom. The predicted octanol–water partition coefficient (Wildman–Crippen LogP) is 2.85. The van der Waals surface area contributed by atoms with Crippen LogP contribution in [0.25, 0.3) is 0 Å². The van der Waals surface area contributed by atoms with E-state index in [0.717, 1.165) is 43.2 Å². The Morgan fingerprint density at radius 3 is 2.62 bits per heavy atom. The number of carbonyl (C=O) groups is 1. The number of hydrogen-bond donors (Lipinski definition) is 1. The molecule has 1 saturated heterocycles. The van der Waals surface area contributed by atoms with Crippen LogP contribution < -0.4 is 15.0 Å². The molecular weight excluding hydrogens is 304 g/mol. The van der Waals surface area contributed by atoms with Crippen LogP contribution in [-0.2, 0) is 9.53 Å². The van der Waals surface area contributed by atoms with E-state index in [1.165, 1.54) is 0 Å². The Bertz CT molecular complexity index is 679. The summed E-state index contributed by atoms with van der Waals surface area (Å²) in [7, 11) is 0. The standard InChI is InChI=1S/C19H22N2O3/c1-15-3-2-4-18(13-15)24-14-19(22)20-16-5-7-17(8-6-16)21-9-11-23-12-10-21/h2-8,13H,9-12,14H2,1H3,(H,20,22). The fourth-order valence-corrected chi connectivity index (χ4v) is 2.63.